The fraction of sp³-hybridized carbons (Fsp3) is 0.182. The fourth-order valence-corrected chi connectivity index (χ4v) is 4.60. The fourth-order valence-electron chi connectivity index (χ4n) is 3.55. The van der Waals surface area contributed by atoms with E-state index in [-0.39, 0.29) is 11.2 Å². The van der Waals surface area contributed by atoms with Gasteiger partial charge in [0.05, 0.1) is 10.9 Å². The minimum Gasteiger partial charge on any atom is -0.340 e. The van der Waals surface area contributed by atoms with Crippen molar-refractivity contribution in [2.75, 3.05) is 0 Å². The van der Waals surface area contributed by atoms with Crippen molar-refractivity contribution < 1.29 is 4.79 Å². The second kappa shape index (κ2) is 7.45. The largest absolute Gasteiger partial charge is 0.340 e. The highest BCUT2D eigenvalue weighted by Gasteiger charge is 2.24. The molecule has 4 rings (SSSR count). The van der Waals surface area contributed by atoms with Gasteiger partial charge in [-0.15, -0.1) is 0 Å². The van der Waals surface area contributed by atoms with E-state index in [1.807, 2.05) is 61.7 Å². The molecule has 0 saturated carbocycles. The Balaban J connectivity index is 1.87. The molecule has 0 bridgehead atoms. The number of aromatic amines is 1. The van der Waals surface area contributed by atoms with E-state index < -0.39 is 0 Å². The number of rotatable bonds is 6. The summed E-state index contributed by atoms with van der Waals surface area (Å²) in [6.07, 6.45) is 4.52. The van der Waals surface area contributed by atoms with Crippen LogP contribution < -0.4 is 0 Å². The van der Waals surface area contributed by atoms with Gasteiger partial charge in [0.15, 0.2) is 10.9 Å². The van der Waals surface area contributed by atoms with Gasteiger partial charge in [0, 0.05) is 34.6 Å². The molecule has 27 heavy (non-hydrogen) atoms. The smallest absolute Gasteiger partial charge is 0.195 e. The van der Waals surface area contributed by atoms with Crippen LogP contribution >= 0.6 is 11.8 Å². The summed E-state index contributed by atoms with van der Waals surface area (Å²) in [5.74, 6) is 0.0703. The zero-order valence-corrected chi connectivity index (χ0v) is 16.2. The topological polar surface area (TPSA) is 50.7 Å². The van der Waals surface area contributed by atoms with Gasteiger partial charge < -0.3 is 9.55 Å². The quantitative estimate of drug-likeness (QED) is 0.352. The van der Waals surface area contributed by atoms with E-state index >= 15 is 0 Å². The number of carbonyl (C=O) groups is 1. The number of hydrogen-bond donors (Lipinski definition) is 1. The Morgan fingerprint density at radius 1 is 1.15 bits per heavy atom. The highest BCUT2D eigenvalue weighted by Crippen LogP contribution is 2.38. The van der Waals surface area contributed by atoms with Crippen molar-refractivity contribution in [3.63, 3.8) is 0 Å². The maximum atomic E-state index is 13.3. The van der Waals surface area contributed by atoms with Crippen molar-refractivity contribution in [2.45, 2.75) is 30.8 Å². The van der Waals surface area contributed by atoms with Gasteiger partial charge in [-0.05, 0) is 19.4 Å². The molecule has 1 N–H and O–H groups in total. The minimum absolute atomic E-state index is 0.0703. The molecule has 0 saturated heterocycles. The summed E-state index contributed by atoms with van der Waals surface area (Å²) in [4.78, 5) is 20.8. The lowest BCUT2D eigenvalue weighted by molar-refractivity contribution is 0.103. The Kier molecular flexibility index (Phi) is 4.86. The first-order chi connectivity index (χ1) is 13.2. The third-order valence-corrected chi connectivity index (χ3v) is 6.04. The summed E-state index contributed by atoms with van der Waals surface area (Å²) < 4.78 is 2.28. The molecule has 136 valence electrons. The van der Waals surface area contributed by atoms with Crippen molar-refractivity contribution in [1.82, 2.24) is 14.5 Å². The number of ketones is 1. The SMILES string of the molecule is CCC(Sc1ncc[nH]1)n1c(C)c(C(=O)c2ccccc2)c2ccccc21. The monoisotopic (exact) mass is 375 g/mol. The average molecular weight is 375 g/mol. The number of aromatic nitrogens is 3. The van der Waals surface area contributed by atoms with E-state index in [0.717, 1.165) is 39.3 Å². The maximum Gasteiger partial charge on any atom is 0.195 e. The number of nitrogens with one attached hydrogen (secondary N) is 1. The molecule has 0 spiro atoms. The number of nitrogens with zero attached hydrogens (tertiary/aromatic N) is 2. The molecule has 2 aromatic heterocycles. The van der Waals surface area contributed by atoms with Crippen LogP contribution in [-0.2, 0) is 0 Å². The first-order valence-corrected chi connectivity index (χ1v) is 9.94. The molecule has 0 amide bonds. The van der Waals surface area contributed by atoms with E-state index in [9.17, 15) is 4.79 Å². The molecule has 2 heterocycles. The van der Waals surface area contributed by atoms with Crippen LogP contribution in [0.1, 0.15) is 40.3 Å². The van der Waals surface area contributed by atoms with Crippen LogP contribution in [0.4, 0.5) is 0 Å². The van der Waals surface area contributed by atoms with Crippen LogP contribution in [0.3, 0.4) is 0 Å². The van der Waals surface area contributed by atoms with Gasteiger partial charge in [0.2, 0.25) is 0 Å². The average Bonchev–Trinajstić information content (AvgIpc) is 3.32. The van der Waals surface area contributed by atoms with E-state index in [0.29, 0.717) is 0 Å². The predicted molar refractivity (Wildman–Crippen MR) is 110 cm³/mol. The number of hydrogen-bond acceptors (Lipinski definition) is 3. The van der Waals surface area contributed by atoms with Crippen LogP contribution in [0.2, 0.25) is 0 Å². The third kappa shape index (κ3) is 3.19. The molecule has 1 unspecified atom stereocenters. The molecule has 0 fully saturated rings. The van der Waals surface area contributed by atoms with Crippen molar-refractivity contribution in [1.29, 1.82) is 0 Å². The van der Waals surface area contributed by atoms with Crippen LogP contribution in [0.5, 0.6) is 0 Å². The van der Waals surface area contributed by atoms with Gasteiger partial charge in [-0.3, -0.25) is 4.79 Å². The number of imidazole rings is 1. The molecule has 0 radical (unpaired) electrons. The summed E-state index contributed by atoms with van der Waals surface area (Å²) in [6.45, 7) is 4.20. The van der Waals surface area contributed by atoms with Crippen LogP contribution in [0.25, 0.3) is 10.9 Å². The number of thioether (sulfide) groups is 1. The Labute approximate surface area is 162 Å². The standard InChI is InChI=1S/C22H21N3OS/c1-3-19(27-22-23-13-14-24-22)25-15(2)20(17-11-7-8-12-18(17)25)21(26)16-9-5-4-6-10-16/h4-14,19H,3H2,1-2H3,(H,23,24). The van der Waals surface area contributed by atoms with Crippen molar-refractivity contribution in [3.05, 3.63) is 83.8 Å². The Morgan fingerprint density at radius 3 is 2.59 bits per heavy atom. The summed E-state index contributed by atoms with van der Waals surface area (Å²) in [7, 11) is 0. The maximum absolute atomic E-state index is 13.3. The normalized spacial score (nSPS) is 12.4. The Bertz CT molecular complexity index is 1070. The second-order valence-electron chi connectivity index (χ2n) is 6.42. The first kappa shape index (κ1) is 17.6. The summed E-state index contributed by atoms with van der Waals surface area (Å²) in [6, 6.07) is 17.7. The molecule has 4 aromatic rings. The molecule has 1 atom stereocenters. The van der Waals surface area contributed by atoms with Gasteiger partial charge in [-0.1, -0.05) is 67.2 Å². The van der Waals surface area contributed by atoms with Gasteiger partial charge >= 0.3 is 0 Å². The molecular weight excluding hydrogens is 354 g/mol. The zero-order valence-electron chi connectivity index (χ0n) is 15.3. The van der Waals surface area contributed by atoms with Crippen molar-refractivity contribution >= 4 is 28.4 Å². The van der Waals surface area contributed by atoms with E-state index in [2.05, 4.69) is 27.5 Å². The van der Waals surface area contributed by atoms with E-state index in [4.69, 9.17) is 0 Å². The molecule has 0 aliphatic carbocycles. The molecule has 0 aliphatic heterocycles. The van der Waals surface area contributed by atoms with Gasteiger partial charge in [-0.2, -0.15) is 0 Å². The summed E-state index contributed by atoms with van der Waals surface area (Å²) >= 11 is 1.68. The number of fused-ring (bicyclic) bond motifs is 1. The molecule has 0 aliphatic rings. The molecule has 4 nitrogen and oxygen atoms in total. The Hall–Kier alpha value is -2.79. The summed E-state index contributed by atoms with van der Waals surface area (Å²) in [5.41, 5.74) is 3.58. The lowest BCUT2D eigenvalue weighted by Crippen LogP contribution is -2.09. The lowest BCUT2D eigenvalue weighted by Gasteiger charge is -2.19. The third-order valence-electron chi connectivity index (χ3n) is 4.78. The molecular formula is C22H21N3OS. The van der Waals surface area contributed by atoms with Gasteiger partial charge in [-0.25, -0.2) is 4.98 Å². The van der Waals surface area contributed by atoms with Crippen LogP contribution in [0, 0.1) is 6.92 Å². The number of carbonyl (C=O) groups excluding carboxylic acids is 1. The van der Waals surface area contributed by atoms with Crippen LogP contribution in [-0.4, -0.2) is 20.3 Å². The van der Waals surface area contributed by atoms with Crippen molar-refractivity contribution in [3.8, 4) is 0 Å². The number of benzene rings is 2. The first-order valence-electron chi connectivity index (χ1n) is 9.06. The highest BCUT2D eigenvalue weighted by molar-refractivity contribution is 7.99. The second-order valence-corrected chi connectivity index (χ2v) is 7.58. The van der Waals surface area contributed by atoms with E-state index in [1.165, 1.54) is 0 Å². The number of para-hydroxylation sites is 1. The molecule has 2 aromatic carbocycles. The molecule has 5 heteroatoms. The predicted octanol–water partition coefficient (Wildman–Crippen LogP) is 5.60. The Morgan fingerprint density at radius 2 is 1.89 bits per heavy atom. The summed E-state index contributed by atoms with van der Waals surface area (Å²) in [5, 5.41) is 2.04. The number of H-pyrrole nitrogens is 1. The van der Waals surface area contributed by atoms with Gasteiger partial charge in [0.25, 0.3) is 0 Å². The lowest BCUT2D eigenvalue weighted by atomic mass is 10.0. The van der Waals surface area contributed by atoms with Crippen LogP contribution in [0.15, 0.2) is 72.1 Å². The van der Waals surface area contributed by atoms with Crippen molar-refractivity contribution in [2.24, 2.45) is 0 Å². The zero-order chi connectivity index (χ0) is 18.8. The van der Waals surface area contributed by atoms with E-state index in [1.54, 1.807) is 18.0 Å². The van der Waals surface area contributed by atoms with Gasteiger partial charge in [0.1, 0.15) is 0 Å². The minimum atomic E-state index is 0.0703. The highest BCUT2D eigenvalue weighted by atomic mass is 32.2.